The third-order valence-electron chi connectivity index (χ3n) is 10.9. The highest BCUT2D eigenvalue weighted by atomic mass is 16.7. The predicted octanol–water partition coefficient (Wildman–Crippen LogP) is -3.17. The van der Waals surface area contributed by atoms with E-state index in [1.165, 1.54) is 28.6 Å². The van der Waals surface area contributed by atoms with E-state index < -0.39 is 91.4 Å². The number of nitrogens with zero attached hydrogens (tertiary/aromatic N) is 6. The largest absolute Gasteiger partial charge is 0.487 e. The molecule has 24 nitrogen and oxygen atoms in total. The van der Waals surface area contributed by atoms with E-state index in [9.17, 15) is 45.6 Å². The average Bonchev–Trinajstić information content (AvgIpc) is 3.93. The first-order chi connectivity index (χ1) is 30.1. The van der Waals surface area contributed by atoms with Gasteiger partial charge in [0.25, 0.3) is 0 Å². The normalized spacial score (nSPS) is 32.7. The van der Waals surface area contributed by atoms with Crippen LogP contribution in [0.5, 0.6) is 11.5 Å². The molecule has 0 unspecified atom stereocenters. The Balaban J connectivity index is 0.937. The van der Waals surface area contributed by atoms with Gasteiger partial charge >= 0.3 is 0 Å². The van der Waals surface area contributed by atoms with Crippen molar-refractivity contribution >= 4 is 6.29 Å². The lowest BCUT2D eigenvalue weighted by atomic mass is 9.88. The van der Waals surface area contributed by atoms with Gasteiger partial charge < -0.3 is 83.5 Å². The van der Waals surface area contributed by atoms with E-state index in [-0.39, 0.29) is 59.2 Å². The van der Waals surface area contributed by atoms with E-state index in [4.69, 9.17) is 42.6 Å². The third-order valence-corrected chi connectivity index (χ3v) is 10.9. The first-order valence-corrected chi connectivity index (χ1v) is 20.5. The van der Waals surface area contributed by atoms with E-state index in [1.807, 2.05) is 0 Å². The zero-order valence-electron chi connectivity index (χ0n) is 35.3. The van der Waals surface area contributed by atoms with Gasteiger partial charge in [-0.1, -0.05) is 10.4 Å². The molecule has 6 rings (SSSR count). The average molecular weight is 899 g/mol. The molecule has 14 atom stereocenters. The molecule has 3 fully saturated rings. The van der Waals surface area contributed by atoms with Gasteiger partial charge in [-0.25, -0.2) is 9.36 Å². The molecule has 3 aromatic rings. The number of aliphatic hydroxyl groups is 8. The fraction of sp³-hybridized carbons (Fsp3) is 0.718. The number of benzene rings is 1. The van der Waals surface area contributed by atoms with E-state index in [2.05, 4.69) is 20.6 Å². The van der Waals surface area contributed by atoms with Gasteiger partial charge in [0.2, 0.25) is 0 Å². The van der Waals surface area contributed by atoms with Crippen molar-refractivity contribution in [2.45, 2.75) is 145 Å². The number of hydrogen-bond donors (Lipinski definition) is 8. The second-order valence-corrected chi connectivity index (χ2v) is 16.2. The lowest BCUT2D eigenvalue weighted by molar-refractivity contribution is -0.312. The lowest BCUT2D eigenvalue weighted by Crippen LogP contribution is -2.61. The summed E-state index contributed by atoms with van der Waals surface area (Å²) in [6.45, 7) is 5.15. The number of carbonyl (C=O) groups is 1. The number of hydrogen-bond acceptors (Lipinski definition) is 22. The van der Waals surface area contributed by atoms with Crippen LogP contribution in [0.15, 0.2) is 30.6 Å². The summed E-state index contributed by atoms with van der Waals surface area (Å²) in [6.07, 6.45) is -12.9. The predicted molar refractivity (Wildman–Crippen MR) is 209 cm³/mol. The molecule has 5 heterocycles. The molecule has 0 aliphatic carbocycles. The molecule has 0 spiro atoms. The Hall–Kier alpha value is -3.83. The van der Waals surface area contributed by atoms with Gasteiger partial charge in [0.1, 0.15) is 97.3 Å². The summed E-state index contributed by atoms with van der Waals surface area (Å²) >= 11 is 0. The molecule has 2 aromatic heterocycles. The van der Waals surface area contributed by atoms with Crippen LogP contribution < -0.4 is 9.47 Å². The van der Waals surface area contributed by atoms with E-state index in [0.29, 0.717) is 34.7 Å². The monoisotopic (exact) mass is 898 g/mol. The first-order valence-electron chi connectivity index (χ1n) is 20.5. The molecule has 0 amide bonds. The van der Waals surface area contributed by atoms with Crippen LogP contribution in [-0.2, 0) is 59.5 Å². The number of aldehydes is 1. The Kier molecular flexibility index (Phi) is 16.9. The summed E-state index contributed by atoms with van der Waals surface area (Å²) in [5.74, 6) is 0.635. The number of methoxy groups -OCH3 is 1. The Morgan fingerprint density at radius 3 is 1.84 bits per heavy atom. The molecule has 0 bridgehead atoms. The van der Waals surface area contributed by atoms with Crippen molar-refractivity contribution in [1.29, 1.82) is 0 Å². The Bertz CT molecular complexity index is 1890. The maximum Gasteiger partial charge on any atom is 0.186 e. The summed E-state index contributed by atoms with van der Waals surface area (Å²) < 4.78 is 54.3. The second kappa shape index (κ2) is 21.9. The maximum atomic E-state index is 11.7. The first kappa shape index (κ1) is 48.6. The van der Waals surface area contributed by atoms with Gasteiger partial charge in [-0.05, 0) is 32.9 Å². The van der Waals surface area contributed by atoms with Gasteiger partial charge in [0.15, 0.2) is 12.6 Å². The molecule has 3 aliphatic heterocycles. The van der Waals surface area contributed by atoms with Gasteiger partial charge in [-0.3, -0.25) is 4.79 Å². The zero-order valence-corrected chi connectivity index (χ0v) is 35.3. The number of carbonyl (C=O) groups excluding carboxylic acids is 1. The van der Waals surface area contributed by atoms with Crippen molar-refractivity contribution in [3.05, 3.63) is 47.5 Å². The Morgan fingerprint density at radius 1 is 0.730 bits per heavy atom. The molecule has 8 N–H and O–H groups in total. The van der Waals surface area contributed by atoms with E-state index >= 15 is 0 Å². The van der Waals surface area contributed by atoms with Crippen molar-refractivity contribution in [2.75, 3.05) is 33.5 Å². The van der Waals surface area contributed by atoms with Crippen molar-refractivity contribution < 1.29 is 88.3 Å². The van der Waals surface area contributed by atoms with Gasteiger partial charge in [0, 0.05) is 25.2 Å². The van der Waals surface area contributed by atoms with Crippen LogP contribution >= 0.6 is 0 Å². The number of rotatable bonds is 21. The number of aliphatic hydroxyl groups excluding tert-OH is 8. The summed E-state index contributed by atoms with van der Waals surface area (Å²) in [4.78, 5) is 11.7. The maximum absolute atomic E-state index is 11.7. The molecule has 63 heavy (non-hydrogen) atoms. The van der Waals surface area contributed by atoms with Crippen molar-refractivity contribution in [2.24, 2.45) is 0 Å². The quantitative estimate of drug-likeness (QED) is 0.0489. The fourth-order valence-corrected chi connectivity index (χ4v) is 7.24. The smallest absolute Gasteiger partial charge is 0.186 e. The molecule has 3 aliphatic rings. The highest BCUT2D eigenvalue weighted by Gasteiger charge is 2.49. The van der Waals surface area contributed by atoms with Crippen LogP contribution in [0.25, 0.3) is 0 Å². The third kappa shape index (κ3) is 12.5. The summed E-state index contributed by atoms with van der Waals surface area (Å²) in [7, 11) is 1.50. The Morgan fingerprint density at radius 2 is 1.29 bits per heavy atom. The van der Waals surface area contributed by atoms with Crippen molar-refractivity contribution in [3.63, 3.8) is 0 Å². The summed E-state index contributed by atoms with van der Waals surface area (Å²) in [6, 6.07) is 4.64. The highest BCUT2D eigenvalue weighted by Crippen LogP contribution is 2.32. The molecule has 24 heteroatoms. The van der Waals surface area contributed by atoms with Crippen LogP contribution in [0.3, 0.4) is 0 Å². The molecular weight excluding hydrogens is 840 g/mol. The minimum Gasteiger partial charge on any atom is -0.487 e. The summed E-state index contributed by atoms with van der Waals surface area (Å²) in [5.41, 5.74) is 0.00492. The highest BCUT2D eigenvalue weighted by molar-refractivity contribution is 5.76. The molecule has 352 valence electrons. The van der Waals surface area contributed by atoms with Crippen LogP contribution in [0.4, 0.5) is 0 Å². The minimum atomic E-state index is -1.63. The number of aromatic nitrogens is 6. The van der Waals surface area contributed by atoms with Gasteiger partial charge in [0.05, 0.1) is 75.8 Å². The Labute approximate surface area is 361 Å². The lowest BCUT2D eigenvalue weighted by Gasteiger charge is -2.46. The van der Waals surface area contributed by atoms with Crippen LogP contribution in [-0.4, -0.2) is 202 Å². The van der Waals surface area contributed by atoms with Crippen molar-refractivity contribution in [3.8, 4) is 11.5 Å². The minimum absolute atomic E-state index is 0.00278. The van der Waals surface area contributed by atoms with E-state index in [1.54, 1.807) is 39.2 Å². The topological polar surface area (TPSA) is 323 Å². The van der Waals surface area contributed by atoms with Crippen molar-refractivity contribution in [1.82, 2.24) is 30.0 Å². The molecule has 0 saturated carbocycles. The number of ether oxygens (including phenoxy) is 9. The molecular formula is C39H58N6O18. The molecule has 1 aromatic carbocycles. The zero-order chi connectivity index (χ0) is 45.4. The summed E-state index contributed by atoms with van der Waals surface area (Å²) in [5, 5.41) is 99.2. The SMILES string of the molecule is COC[C@@H]1C[C@H](O)[C@@H](O)[C@H](C(C)(C)OC[C@H]2O[C@@H](OCCn3cc(COc4cc(C=O)cc(OCc5cn(CCO[C@@H]6O[C@H](C)[C@@H](O)[C@H](O)[C@H]6O)nn5)c4)nn3)[C@H](O)[C@@H](O)[C@@H]2O)O1. The second-order valence-electron chi connectivity index (χ2n) is 16.2. The van der Waals surface area contributed by atoms with Gasteiger partial charge in [-0.2, -0.15) is 0 Å². The molecule has 3 saturated heterocycles. The van der Waals surface area contributed by atoms with Crippen LogP contribution in [0, 0.1) is 0 Å². The van der Waals surface area contributed by atoms with E-state index in [0.717, 1.165) is 0 Å². The van der Waals surface area contributed by atoms with Crippen LogP contribution in [0.2, 0.25) is 0 Å². The van der Waals surface area contributed by atoms with Crippen LogP contribution in [0.1, 0.15) is 48.9 Å². The molecule has 0 radical (unpaired) electrons. The fourth-order valence-electron chi connectivity index (χ4n) is 7.24. The van der Waals surface area contributed by atoms with Gasteiger partial charge in [-0.15, -0.1) is 10.2 Å². The standard InChI is InChI=1S/C39H58N6O18/c1-20-29(48)32(51)34(53)37(61-20)56-7-5-44-13-22(40-42-44)16-58-24-9-21(15-46)10-25(11-24)59-17-23-14-45(43-41-23)6-8-57-38-35(54)33(52)31(50)28(63-38)19-60-39(2,3)36-30(49)27(47)12-26(62-36)18-55-4/h9-11,13-15,20,26-38,47-54H,5-8,12,16-19H2,1-4H3/t20-,26+,27+,28-,29-,30-,31-,32+,33+,34-,35-,36-,37-,38-/m1/s1.